The van der Waals surface area contributed by atoms with E-state index in [2.05, 4.69) is 14.7 Å². The lowest BCUT2D eigenvalue weighted by molar-refractivity contribution is 0.601. The van der Waals surface area contributed by atoms with Crippen LogP contribution in [0.3, 0.4) is 0 Å². The van der Waals surface area contributed by atoms with E-state index in [-0.39, 0.29) is 11.3 Å². The number of benzene rings is 1. The van der Waals surface area contributed by atoms with Gasteiger partial charge in [-0.1, -0.05) is 12.1 Å². The number of fused-ring (bicyclic) bond motifs is 1. The van der Waals surface area contributed by atoms with Crippen LogP contribution in [-0.4, -0.2) is 18.4 Å². The Morgan fingerprint density at radius 3 is 2.95 bits per heavy atom. The summed E-state index contributed by atoms with van der Waals surface area (Å²) in [5.74, 6) is 0. The monoisotopic (exact) mass is 312 g/mol. The summed E-state index contributed by atoms with van der Waals surface area (Å²) < 4.78 is 27.3. The van der Waals surface area contributed by atoms with Crippen LogP contribution < -0.4 is 4.72 Å². The van der Waals surface area contributed by atoms with E-state index in [4.69, 9.17) is 5.26 Å². The van der Waals surface area contributed by atoms with Crippen molar-refractivity contribution in [1.29, 1.82) is 5.26 Å². The summed E-state index contributed by atoms with van der Waals surface area (Å²) in [4.78, 5) is 7.20. The third-order valence-corrected chi connectivity index (χ3v) is 4.52. The number of nitrogens with one attached hydrogen (secondary N) is 2. The van der Waals surface area contributed by atoms with Crippen LogP contribution in [-0.2, 0) is 16.4 Å². The van der Waals surface area contributed by atoms with Crippen molar-refractivity contribution >= 4 is 26.7 Å². The molecule has 2 aromatic heterocycles. The molecule has 3 aromatic rings. The largest absolute Gasteiger partial charge is 0.346 e. The molecule has 7 heteroatoms. The molecule has 0 fully saturated rings. The summed E-state index contributed by atoms with van der Waals surface area (Å²) in [6, 6.07) is 11.8. The van der Waals surface area contributed by atoms with Crippen LogP contribution in [0.25, 0.3) is 11.0 Å². The zero-order chi connectivity index (χ0) is 15.6. The number of sulfonamides is 1. The molecule has 0 bridgehead atoms. The lowest BCUT2D eigenvalue weighted by atomic mass is 10.2. The number of aromatic amines is 1. The van der Waals surface area contributed by atoms with Gasteiger partial charge in [-0.25, -0.2) is 13.4 Å². The Bertz CT molecular complexity index is 970. The van der Waals surface area contributed by atoms with Gasteiger partial charge in [-0.3, -0.25) is 4.72 Å². The normalized spacial score (nSPS) is 11.2. The van der Waals surface area contributed by atoms with Crippen molar-refractivity contribution in [3.63, 3.8) is 0 Å². The Labute approximate surface area is 127 Å². The van der Waals surface area contributed by atoms with E-state index in [1.165, 1.54) is 18.3 Å². The van der Waals surface area contributed by atoms with Crippen molar-refractivity contribution in [2.24, 2.45) is 0 Å². The third-order valence-electron chi connectivity index (χ3n) is 3.14. The van der Waals surface area contributed by atoms with Crippen LogP contribution in [0.2, 0.25) is 0 Å². The van der Waals surface area contributed by atoms with Gasteiger partial charge in [0.2, 0.25) is 0 Å². The quantitative estimate of drug-likeness (QED) is 0.773. The first-order valence-corrected chi connectivity index (χ1v) is 7.99. The molecule has 1 aromatic carbocycles. The number of pyridine rings is 1. The van der Waals surface area contributed by atoms with Crippen LogP contribution >= 0.6 is 0 Å². The molecule has 0 amide bonds. The highest BCUT2D eigenvalue weighted by molar-refractivity contribution is 7.92. The SMILES string of the molecule is N#CCc1cccc(S(=O)(=O)Nc2cnc3[nH]ccc3c2)c1. The van der Waals surface area contributed by atoms with Gasteiger partial charge in [-0.2, -0.15) is 5.26 Å². The van der Waals surface area contributed by atoms with E-state index in [0.717, 1.165) is 5.39 Å². The van der Waals surface area contributed by atoms with Gasteiger partial charge >= 0.3 is 0 Å². The number of H-pyrrole nitrogens is 1. The minimum Gasteiger partial charge on any atom is -0.346 e. The van der Waals surface area contributed by atoms with E-state index >= 15 is 0 Å². The predicted molar refractivity (Wildman–Crippen MR) is 82.7 cm³/mol. The maximum absolute atomic E-state index is 12.4. The maximum Gasteiger partial charge on any atom is 0.261 e. The highest BCUT2D eigenvalue weighted by Crippen LogP contribution is 2.20. The first-order chi connectivity index (χ1) is 10.6. The van der Waals surface area contributed by atoms with Gasteiger partial charge in [0.05, 0.1) is 29.3 Å². The predicted octanol–water partition coefficient (Wildman–Crippen LogP) is 2.43. The van der Waals surface area contributed by atoms with Crippen molar-refractivity contribution in [2.75, 3.05) is 4.72 Å². The second kappa shape index (κ2) is 5.50. The molecule has 6 nitrogen and oxygen atoms in total. The van der Waals surface area contributed by atoms with Gasteiger partial charge in [0.1, 0.15) is 5.65 Å². The summed E-state index contributed by atoms with van der Waals surface area (Å²) in [6.45, 7) is 0. The average molecular weight is 312 g/mol. The summed E-state index contributed by atoms with van der Waals surface area (Å²) in [6.07, 6.45) is 3.36. The smallest absolute Gasteiger partial charge is 0.261 e. The van der Waals surface area contributed by atoms with Crippen molar-refractivity contribution in [3.8, 4) is 6.07 Å². The molecule has 0 aliphatic heterocycles. The number of aromatic nitrogens is 2. The molecule has 0 aliphatic carbocycles. The Kier molecular flexibility index (Phi) is 3.53. The standard InChI is InChI=1S/C15H12N4O2S/c16-6-4-11-2-1-3-14(8-11)22(20,21)19-13-9-12-5-7-17-15(12)18-10-13/h1-3,5,7-10,19H,4H2,(H,17,18). The second-order valence-corrected chi connectivity index (χ2v) is 6.41. The van der Waals surface area contributed by atoms with Crippen LogP contribution in [0.1, 0.15) is 5.56 Å². The van der Waals surface area contributed by atoms with Crippen LogP contribution in [0.4, 0.5) is 5.69 Å². The number of nitrogens with zero attached hydrogens (tertiary/aromatic N) is 2. The molecule has 3 rings (SSSR count). The minimum atomic E-state index is -3.72. The fourth-order valence-corrected chi connectivity index (χ4v) is 3.23. The Morgan fingerprint density at radius 2 is 2.14 bits per heavy atom. The molecule has 22 heavy (non-hydrogen) atoms. The number of hydrogen-bond donors (Lipinski definition) is 2. The molecule has 0 spiro atoms. The molecule has 110 valence electrons. The summed E-state index contributed by atoms with van der Waals surface area (Å²) in [5.41, 5.74) is 1.74. The Balaban J connectivity index is 1.92. The minimum absolute atomic E-state index is 0.120. The van der Waals surface area contributed by atoms with Crippen molar-refractivity contribution in [1.82, 2.24) is 9.97 Å². The van der Waals surface area contributed by atoms with Crippen LogP contribution in [0.15, 0.2) is 53.7 Å². The number of anilines is 1. The Hall–Kier alpha value is -2.85. The molecule has 0 saturated carbocycles. The van der Waals surface area contributed by atoms with Crippen LogP contribution in [0.5, 0.6) is 0 Å². The summed E-state index contributed by atoms with van der Waals surface area (Å²) in [5, 5.41) is 9.52. The zero-order valence-corrected chi connectivity index (χ0v) is 12.3. The molecule has 0 unspecified atom stereocenters. The first-order valence-electron chi connectivity index (χ1n) is 6.50. The van der Waals surface area contributed by atoms with Crippen molar-refractivity contribution in [2.45, 2.75) is 11.3 Å². The molecule has 0 radical (unpaired) electrons. The number of hydrogen-bond acceptors (Lipinski definition) is 4. The van der Waals surface area contributed by atoms with Gasteiger partial charge in [0.25, 0.3) is 10.0 Å². The fourth-order valence-electron chi connectivity index (χ4n) is 2.12. The van der Waals surface area contributed by atoms with E-state index < -0.39 is 10.0 Å². The highest BCUT2D eigenvalue weighted by atomic mass is 32.2. The summed E-state index contributed by atoms with van der Waals surface area (Å²) >= 11 is 0. The molecule has 0 atom stereocenters. The average Bonchev–Trinajstić information content (AvgIpc) is 2.95. The van der Waals surface area contributed by atoms with Crippen molar-refractivity contribution < 1.29 is 8.42 Å². The lowest BCUT2D eigenvalue weighted by Gasteiger charge is -2.08. The Morgan fingerprint density at radius 1 is 1.27 bits per heavy atom. The highest BCUT2D eigenvalue weighted by Gasteiger charge is 2.15. The van der Waals surface area contributed by atoms with Gasteiger partial charge in [0, 0.05) is 11.6 Å². The van der Waals surface area contributed by atoms with E-state index in [1.807, 2.05) is 12.1 Å². The van der Waals surface area contributed by atoms with Gasteiger partial charge in [-0.05, 0) is 29.8 Å². The molecule has 0 aliphatic rings. The molecule has 0 saturated heterocycles. The zero-order valence-electron chi connectivity index (χ0n) is 11.4. The van der Waals surface area contributed by atoms with Crippen molar-refractivity contribution in [3.05, 3.63) is 54.4 Å². The molecule has 2 heterocycles. The maximum atomic E-state index is 12.4. The second-order valence-electron chi connectivity index (χ2n) is 4.73. The molecule has 2 N–H and O–H groups in total. The molecular formula is C15H12N4O2S. The van der Waals surface area contributed by atoms with Gasteiger partial charge in [0.15, 0.2) is 0 Å². The van der Waals surface area contributed by atoms with Gasteiger partial charge < -0.3 is 4.98 Å². The third kappa shape index (κ3) is 2.77. The van der Waals surface area contributed by atoms with E-state index in [0.29, 0.717) is 16.9 Å². The van der Waals surface area contributed by atoms with E-state index in [9.17, 15) is 8.42 Å². The number of rotatable bonds is 4. The number of nitriles is 1. The lowest BCUT2D eigenvalue weighted by Crippen LogP contribution is -2.13. The topological polar surface area (TPSA) is 98.6 Å². The summed E-state index contributed by atoms with van der Waals surface area (Å²) in [7, 11) is -3.72. The molecular weight excluding hydrogens is 300 g/mol. The van der Waals surface area contributed by atoms with Gasteiger partial charge in [-0.15, -0.1) is 0 Å². The fraction of sp³-hybridized carbons (Fsp3) is 0.0667. The van der Waals surface area contributed by atoms with E-state index in [1.54, 1.807) is 24.4 Å². The van der Waals surface area contributed by atoms with Crippen LogP contribution in [0, 0.1) is 11.3 Å². The first kappa shape index (κ1) is 14.1.